The zero-order valence-corrected chi connectivity index (χ0v) is 12.8. The lowest BCUT2D eigenvalue weighted by Crippen LogP contribution is -2.24. The lowest BCUT2D eigenvalue weighted by atomic mass is 10.1. The van der Waals surface area contributed by atoms with Gasteiger partial charge in [0.15, 0.2) is 0 Å². The van der Waals surface area contributed by atoms with Crippen LogP contribution in [-0.2, 0) is 13.1 Å². The van der Waals surface area contributed by atoms with Crippen molar-refractivity contribution in [2.75, 3.05) is 11.9 Å². The Bertz CT molecular complexity index is 532. The van der Waals surface area contributed by atoms with Gasteiger partial charge in [-0.15, -0.1) is 0 Å². The first-order valence-corrected chi connectivity index (χ1v) is 7.12. The van der Waals surface area contributed by atoms with Crippen LogP contribution in [0.15, 0.2) is 41.0 Å². The molecule has 0 spiro atoms. The second kappa shape index (κ2) is 6.62. The van der Waals surface area contributed by atoms with E-state index in [1.807, 2.05) is 12.1 Å². The van der Waals surface area contributed by atoms with E-state index in [2.05, 4.69) is 56.2 Å². The second-order valence-corrected chi connectivity index (χ2v) is 5.60. The normalized spacial score (nSPS) is 11.1. The molecule has 1 N–H and O–H groups in total. The maximum atomic E-state index is 5.43. The van der Waals surface area contributed by atoms with Crippen molar-refractivity contribution >= 4 is 5.69 Å². The topological polar surface area (TPSA) is 28.4 Å². The molecular formula is C17H24N2O. The van der Waals surface area contributed by atoms with Crippen LogP contribution in [0.1, 0.15) is 30.7 Å². The van der Waals surface area contributed by atoms with E-state index >= 15 is 0 Å². The Kier molecular flexibility index (Phi) is 4.85. The number of nitrogens with zero attached hydrogens (tertiary/aromatic N) is 1. The number of nitrogens with one attached hydrogen (secondary N) is 1. The summed E-state index contributed by atoms with van der Waals surface area (Å²) in [5.74, 6) is 0.982. The average Bonchev–Trinajstić information content (AvgIpc) is 2.89. The van der Waals surface area contributed by atoms with Crippen LogP contribution < -0.4 is 10.2 Å². The molecule has 0 unspecified atom stereocenters. The predicted molar refractivity (Wildman–Crippen MR) is 84.0 cm³/mol. The van der Waals surface area contributed by atoms with Gasteiger partial charge in [0.1, 0.15) is 5.76 Å². The van der Waals surface area contributed by atoms with Gasteiger partial charge in [-0.25, -0.2) is 0 Å². The zero-order chi connectivity index (χ0) is 14.5. The van der Waals surface area contributed by atoms with Gasteiger partial charge in [0.05, 0.1) is 12.8 Å². The van der Waals surface area contributed by atoms with Gasteiger partial charge in [-0.05, 0) is 30.7 Å². The Hall–Kier alpha value is -1.74. The van der Waals surface area contributed by atoms with Crippen LogP contribution in [0.5, 0.6) is 0 Å². The van der Waals surface area contributed by atoms with Crippen molar-refractivity contribution < 1.29 is 4.42 Å². The standard InChI is InChI=1S/C17H24N2O/c1-13(2)18-11-15-10-14(3)7-8-17(15)19(4)12-16-6-5-9-20-16/h5-10,13,18H,11-12H2,1-4H3. The number of benzene rings is 1. The van der Waals surface area contributed by atoms with Crippen molar-refractivity contribution in [1.29, 1.82) is 0 Å². The van der Waals surface area contributed by atoms with E-state index < -0.39 is 0 Å². The second-order valence-electron chi connectivity index (χ2n) is 5.60. The molecule has 0 aliphatic carbocycles. The van der Waals surface area contributed by atoms with Gasteiger partial charge in [-0.1, -0.05) is 31.5 Å². The highest BCUT2D eigenvalue weighted by atomic mass is 16.3. The third kappa shape index (κ3) is 3.87. The molecule has 1 heterocycles. The summed E-state index contributed by atoms with van der Waals surface area (Å²) in [5, 5.41) is 3.49. The van der Waals surface area contributed by atoms with Crippen molar-refractivity contribution in [2.45, 2.75) is 39.9 Å². The summed E-state index contributed by atoms with van der Waals surface area (Å²) in [4.78, 5) is 2.23. The Morgan fingerprint density at radius 1 is 1.25 bits per heavy atom. The first-order chi connectivity index (χ1) is 9.56. The van der Waals surface area contributed by atoms with E-state index in [0.29, 0.717) is 6.04 Å². The number of anilines is 1. The van der Waals surface area contributed by atoms with Crippen molar-refractivity contribution in [1.82, 2.24) is 5.32 Å². The maximum absolute atomic E-state index is 5.43. The first kappa shape index (κ1) is 14.7. The van der Waals surface area contributed by atoms with Crippen LogP contribution in [0.2, 0.25) is 0 Å². The number of aryl methyl sites for hydroxylation is 1. The molecule has 108 valence electrons. The summed E-state index contributed by atoms with van der Waals surface area (Å²) in [5.41, 5.74) is 3.87. The van der Waals surface area contributed by atoms with Gasteiger partial charge in [0.2, 0.25) is 0 Å². The van der Waals surface area contributed by atoms with E-state index in [9.17, 15) is 0 Å². The molecule has 2 aromatic rings. The number of hydrogen-bond donors (Lipinski definition) is 1. The third-order valence-corrected chi connectivity index (χ3v) is 3.32. The molecule has 0 amide bonds. The minimum Gasteiger partial charge on any atom is -0.467 e. The average molecular weight is 272 g/mol. The molecule has 1 aromatic heterocycles. The van der Waals surface area contributed by atoms with Gasteiger partial charge in [-0.3, -0.25) is 0 Å². The van der Waals surface area contributed by atoms with Crippen molar-refractivity contribution in [3.05, 3.63) is 53.5 Å². The fraction of sp³-hybridized carbons (Fsp3) is 0.412. The molecule has 0 fully saturated rings. The summed E-state index contributed by atoms with van der Waals surface area (Å²) in [6, 6.07) is 11.0. The highest BCUT2D eigenvalue weighted by Crippen LogP contribution is 2.23. The molecule has 0 radical (unpaired) electrons. The summed E-state index contributed by atoms with van der Waals surface area (Å²) in [6.07, 6.45) is 1.72. The largest absolute Gasteiger partial charge is 0.467 e. The summed E-state index contributed by atoms with van der Waals surface area (Å²) >= 11 is 0. The first-order valence-electron chi connectivity index (χ1n) is 7.12. The number of hydrogen-bond acceptors (Lipinski definition) is 3. The van der Waals surface area contributed by atoms with Crippen LogP contribution >= 0.6 is 0 Å². The molecule has 20 heavy (non-hydrogen) atoms. The minimum atomic E-state index is 0.485. The molecular weight excluding hydrogens is 248 g/mol. The van der Waals surface area contributed by atoms with E-state index in [0.717, 1.165) is 18.8 Å². The molecule has 0 aliphatic rings. The molecule has 0 bridgehead atoms. The lowest BCUT2D eigenvalue weighted by molar-refractivity contribution is 0.507. The Morgan fingerprint density at radius 2 is 2.05 bits per heavy atom. The minimum absolute atomic E-state index is 0.485. The van der Waals surface area contributed by atoms with Crippen LogP contribution in [0.3, 0.4) is 0 Å². The van der Waals surface area contributed by atoms with E-state index in [1.54, 1.807) is 6.26 Å². The Morgan fingerprint density at radius 3 is 2.70 bits per heavy atom. The van der Waals surface area contributed by atoms with Crippen molar-refractivity contribution in [3.8, 4) is 0 Å². The molecule has 2 rings (SSSR count). The number of furan rings is 1. The quantitative estimate of drug-likeness (QED) is 0.868. The van der Waals surface area contributed by atoms with Gasteiger partial charge in [-0.2, -0.15) is 0 Å². The fourth-order valence-electron chi connectivity index (χ4n) is 2.26. The SMILES string of the molecule is Cc1ccc(N(C)Cc2ccco2)c(CNC(C)C)c1. The summed E-state index contributed by atoms with van der Waals surface area (Å²) < 4.78 is 5.43. The van der Waals surface area contributed by atoms with Gasteiger partial charge in [0, 0.05) is 25.3 Å². The van der Waals surface area contributed by atoms with Crippen molar-refractivity contribution in [3.63, 3.8) is 0 Å². The van der Waals surface area contributed by atoms with Gasteiger partial charge < -0.3 is 14.6 Å². The highest BCUT2D eigenvalue weighted by Gasteiger charge is 2.10. The molecule has 0 atom stereocenters. The van der Waals surface area contributed by atoms with Crippen LogP contribution in [-0.4, -0.2) is 13.1 Å². The zero-order valence-electron chi connectivity index (χ0n) is 12.8. The monoisotopic (exact) mass is 272 g/mol. The molecule has 0 saturated carbocycles. The molecule has 3 heteroatoms. The van der Waals surface area contributed by atoms with Gasteiger partial charge >= 0.3 is 0 Å². The Labute approximate surface area is 121 Å². The van der Waals surface area contributed by atoms with Crippen LogP contribution in [0.25, 0.3) is 0 Å². The molecule has 0 aliphatic heterocycles. The van der Waals surface area contributed by atoms with E-state index in [1.165, 1.54) is 16.8 Å². The van der Waals surface area contributed by atoms with Gasteiger partial charge in [0.25, 0.3) is 0 Å². The maximum Gasteiger partial charge on any atom is 0.123 e. The van der Waals surface area contributed by atoms with Crippen molar-refractivity contribution in [2.24, 2.45) is 0 Å². The molecule has 3 nitrogen and oxygen atoms in total. The van der Waals surface area contributed by atoms with Crippen LogP contribution in [0, 0.1) is 6.92 Å². The number of rotatable bonds is 6. The highest BCUT2D eigenvalue weighted by molar-refractivity contribution is 5.54. The van der Waals surface area contributed by atoms with E-state index in [-0.39, 0.29) is 0 Å². The van der Waals surface area contributed by atoms with Crippen LogP contribution in [0.4, 0.5) is 5.69 Å². The molecule has 0 saturated heterocycles. The predicted octanol–water partition coefficient (Wildman–Crippen LogP) is 3.72. The third-order valence-electron chi connectivity index (χ3n) is 3.32. The summed E-state index contributed by atoms with van der Waals surface area (Å²) in [6.45, 7) is 8.14. The lowest BCUT2D eigenvalue weighted by Gasteiger charge is -2.23. The smallest absolute Gasteiger partial charge is 0.123 e. The Balaban J connectivity index is 2.16. The molecule has 1 aromatic carbocycles. The van der Waals surface area contributed by atoms with E-state index in [4.69, 9.17) is 4.42 Å². The fourth-order valence-corrected chi connectivity index (χ4v) is 2.26. The summed E-state index contributed by atoms with van der Waals surface area (Å²) in [7, 11) is 2.10.